The normalized spacial score (nSPS) is 17.5. The van der Waals surface area contributed by atoms with Gasteiger partial charge in [0.1, 0.15) is 0 Å². The van der Waals surface area contributed by atoms with E-state index in [0.29, 0.717) is 13.0 Å². The van der Waals surface area contributed by atoms with Crippen molar-refractivity contribution in [2.75, 3.05) is 13.1 Å². The van der Waals surface area contributed by atoms with Gasteiger partial charge >= 0.3 is 6.18 Å². The summed E-state index contributed by atoms with van der Waals surface area (Å²) in [5.41, 5.74) is 4.89. The Morgan fingerprint density at radius 1 is 1.35 bits per heavy atom. The summed E-state index contributed by atoms with van der Waals surface area (Å²) in [4.78, 5) is 1.46. The van der Waals surface area contributed by atoms with Gasteiger partial charge in [-0.25, -0.2) is 0 Å². The number of nitrogens with zero attached hydrogens (tertiary/aromatic N) is 1. The van der Waals surface area contributed by atoms with Crippen molar-refractivity contribution in [1.29, 1.82) is 5.41 Å². The van der Waals surface area contributed by atoms with E-state index in [2.05, 4.69) is 0 Å². The summed E-state index contributed by atoms with van der Waals surface area (Å²) in [7, 11) is 0. The summed E-state index contributed by atoms with van der Waals surface area (Å²) in [5.74, 6) is 0.0280. The second kappa shape index (κ2) is 4.84. The van der Waals surface area contributed by atoms with E-state index in [1.807, 2.05) is 0 Å². The van der Waals surface area contributed by atoms with Crippen molar-refractivity contribution in [1.82, 2.24) is 4.90 Å². The molecule has 0 spiro atoms. The van der Waals surface area contributed by atoms with Crippen LogP contribution in [0.15, 0.2) is 0 Å². The maximum atomic E-state index is 12.4. The largest absolute Gasteiger partial charge is 0.401 e. The summed E-state index contributed by atoms with van der Waals surface area (Å²) in [5, 5.41) is 7.38. The van der Waals surface area contributed by atoms with Crippen molar-refractivity contribution in [2.24, 2.45) is 11.1 Å². The van der Waals surface area contributed by atoms with E-state index >= 15 is 0 Å². The molecule has 1 saturated carbocycles. The minimum Gasteiger partial charge on any atom is -0.387 e. The number of rotatable bonds is 6. The van der Waals surface area contributed by atoms with Gasteiger partial charge in [-0.3, -0.25) is 10.3 Å². The van der Waals surface area contributed by atoms with E-state index < -0.39 is 18.1 Å². The maximum Gasteiger partial charge on any atom is 0.401 e. The second-order valence-corrected chi connectivity index (χ2v) is 5.36. The molecule has 3 nitrogen and oxygen atoms in total. The zero-order valence-electron chi connectivity index (χ0n) is 10.3. The summed E-state index contributed by atoms with van der Waals surface area (Å²) in [6.07, 6.45) is -1.98. The third kappa shape index (κ3) is 4.93. The first-order valence-corrected chi connectivity index (χ1v) is 5.77. The van der Waals surface area contributed by atoms with Crippen molar-refractivity contribution < 1.29 is 13.2 Å². The van der Waals surface area contributed by atoms with Gasteiger partial charge < -0.3 is 5.73 Å². The molecule has 0 atom stereocenters. The van der Waals surface area contributed by atoms with Crippen LogP contribution in [0.4, 0.5) is 13.2 Å². The van der Waals surface area contributed by atoms with Gasteiger partial charge in [0.25, 0.3) is 0 Å². The van der Waals surface area contributed by atoms with Crippen molar-refractivity contribution in [3.63, 3.8) is 0 Å². The molecular weight excluding hydrogens is 231 g/mol. The molecule has 0 radical (unpaired) electrons. The Balaban J connectivity index is 2.48. The highest BCUT2D eigenvalue weighted by molar-refractivity contribution is 5.82. The van der Waals surface area contributed by atoms with Crippen molar-refractivity contribution in [3.8, 4) is 0 Å². The van der Waals surface area contributed by atoms with Gasteiger partial charge in [0.05, 0.1) is 12.4 Å². The number of hydrogen-bond donors (Lipinski definition) is 2. The lowest BCUT2D eigenvalue weighted by atomic mass is 9.88. The molecule has 0 saturated heterocycles. The van der Waals surface area contributed by atoms with Gasteiger partial charge in [-0.2, -0.15) is 13.2 Å². The fourth-order valence-electron chi connectivity index (χ4n) is 1.62. The van der Waals surface area contributed by atoms with Gasteiger partial charge in [-0.1, -0.05) is 13.8 Å². The third-order valence-corrected chi connectivity index (χ3v) is 3.20. The first-order valence-electron chi connectivity index (χ1n) is 5.77. The second-order valence-electron chi connectivity index (χ2n) is 5.36. The highest BCUT2D eigenvalue weighted by Crippen LogP contribution is 2.31. The Hall–Kier alpha value is -0.780. The van der Waals surface area contributed by atoms with Gasteiger partial charge in [0.2, 0.25) is 0 Å². The fourth-order valence-corrected chi connectivity index (χ4v) is 1.62. The van der Waals surface area contributed by atoms with E-state index in [4.69, 9.17) is 11.1 Å². The molecule has 0 aromatic heterocycles. The Morgan fingerprint density at radius 2 is 1.88 bits per heavy atom. The van der Waals surface area contributed by atoms with Crippen molar-refractivity contribution in [2.45, 2.75) is 45.3 Å². The Morgan fingerprint density at radius 3 is 2.24 bits per heavy atom. The van der Waals surface area contributed by atoms with Crippen LogP contribution < -0.4 is 5.73 Å². The van der Waals surface area contributed by atoms with Crippen LogP contribution in [0.25, 0.3) is 0 Å². The van der Waals surface area contributed by atoms with E-state index in [0.717, 1.165) is 12.8 Å². The molecule has 17 heavy (non-hydrogen) atoms. The van der Waals surface area contributed by atoms with Crippen LogP contribution in [0.5, 0.6) is 0 Å². The molecule has 1 aliphatic rings. The molecule has 6 heteroatoms. The highest BCUT2D eigenvalue weighted by Gasteiger charge is 2.38. The van der Waals surface area contributed by atoms with Crippen molar-refractivity contribution in [3.05, 3.63) is 0 Å². The van der Waals surface area contributed by atoms with Crippen LogP contribution in [0, 0.1) is 10.8 Å². The molecule has 0 heterocycles. The zero-order chi connectivity index (χ0) is 13.3. The molecule has 1 fully saturated rings. The molecule has 1 aliphatic carbocycles. The first-order chi connectivity index (χ1) is 7.62. The Kier molecular flexibility index (Phi) is 4.06. The topological polar surface area (TPSA) is 53.1 Å². The molecular formula is C11H20F3N3. The maximum absolute atomic E-state index is 12.4. The summed E-state index contributed by atoms with van der Waals surface area (Å²) in [6.45, 7) is 3.06. The molecule has 0 aromatic carbocycles. The number of amidine groups is 1. The number of nitrogens with two attached hydrogens (primary N) is 1. The fraction of sp³-hybridized carbons (Fsp3) is 0.909. The van der Waals surface area contributed by atoms with Gasteiger partial charge in [-0.05, 0) is 25.8 Å². The molecule has 100 valence electrons. The number of halogens is 3. The lowest BCUT2D eigenvalue weighted by molar-refractivity contribution is -0.147. The Bertz CT molecular complexity index is 282. The Labute approximate surface area is 99.7 Å². The van der Waals surface area contributed by atoms with Crippen LogP contribution >= 0.6 is 0 Å². The van der Waals surface area contributed by atoms with Crippen LogP contribution in [0.1, 0.15) is 33.1 Å². The lowest BCUT2D eigenvalue weighted by Crippen LogP contribution is -2.40. The van der Waals surface area contributed by atoms with Crippen LogP contribution in [0.2, 0.25) is 0 Å². The van der Waals surface area contributed by atoms with Gasteiger partial charge in [-0.15, -0.1) is 0 Å². The van der Waals surface area contributed by atoms with E-state index in [9.17, 15) is 13.2 Å². The first kappa shape index (κ1) is 14.3. The quantitative estimate of drug-likeness (QED) is 0.562. The van der Waals surface area contributed by atoms with Gasteiger partial charge in [0, 0.05) is 11.5 Å². The molecule has 3 N–H and O–H groups in total. The van der Waals surface area contributed by atoms with Crippen LogP contribution in [0.3, 0.4) is 0 Å². The monoisotopic (exact) mass is 251 g/mol. The zero-order valence-corrected chi connectivity index (χ0v) is 10.3. The predicted octanol–water partition coefficient (Wildman–Crippen LogP) is 2.37. The number of nitrogens with one attached hydrogen (secondary N) is 1. The highest BCUT2D eigenvalue weighted by atomic mass is 19.4. The molecule has 0 amide bonds. The number of hydrogen-bond acceptors (Lipinski definition) is 2. The predicted molar refractivity (Wildman–Crippen MR) is 61.0 cm³/mol. The number of alkyl halides is 3. The SMILES string of the molecule is CC(C)(CCN(CC(F)(F)F)C1CC1)C(=N)N. The molecule has 0 bridgehead atoms. The minimum absolute atomic E-state index is 0.0280. The van der Waals surface area contributed by atoms with Crippen molar-refractivity contribution >= 4 is 5.84 Å². The van der Waals surface area contributed by atoms with E-state index in [1.165, 1.54) is 4.90 Å². The summed E-state index contributed by atoms with van der Waals surface area (Å²) < 4.78 is 37.1. The molecule has 0 unspecified atom stereocenters. The van der Waals surface area contributed by atoms with Crippen LogP contribution in [-0.2, 0) is 0 Å². The average Bonchev–Trinajstić information content (AvgIpc) is 2.93. The summed E-state index contributed by atoms with van der Waals surface area (Å²) in [6, 6.07) is 0.0689. The molecule has 0 aromatic rings. The van der Waals surface area contributed by atoms with E-state index in [1.54, 1.807) is 13.8 Å². The minimum atomic E-state index is -4.15. The van der Waals surface area contributed by atoms with Gasteiger partial charge in [0.15, 0.2) is 0 Å². The summed E-state index contributed by atoms with van der Waals surface area (Å²) >= 11 is 0. The average molecular weight is 251 g/mol. The molecule has 0 aliphatic heterocycles. The van der Waals surface area contributed by atoms with E-state index in [-0.39, 0.29) is 11.9 Å². The van der Waals surface area contributed by atoms with Crippen LogP contribution in [-0.4, -0.2) is 36.0 Å². The molecule has 1 rings (SSSR count). The lowest BCUT2D eigenvalue weighted by Gasteiger charge is -2.29. The third-order valence-electron chi connectivity index (χ3n) is 3.20. The smallest absolute Gasteiger partial charge is 0.387 e. The standard InChI is InChI=1S/C11H20F3N3/c1-10(2,9(15)16)5-6-17(8-3-4-8)7-11(12,13)14/h8H,3-7H2,1-2H3,(H3,15,16).